The number of ketones is 1. The molecule has 0 aromatic heterocycles. The molecule has 3 aromatic rings. The Balaban J connectivity index is 1.80. The Labute approximate surface area is 168 Å². The molecule has 1 heterocycles. The normalized spacial score (nSPS) is 15.9. The average molecular weight is 388 g/mol. The lowest BCUT2D eigenvalue weighted by Crippen LogP contribution is -2.25. The number of fused-ring (bicyclic) bond motifs is 1. The van der Waals surface area contributed by atoms with Crippen LogP contribution in [-0.2, 0) is 4.79 Å². The van der Waals surface area contributed by atoms with Gasteiger partial charge in [-0.2, -0.15) is 0 Å². The Kier molecular flexibility index (Phi) is 5.04. The van der Waals surface area contributed by atoms with E-state index < -0.39 is 17.8 Å². The number of methoxy groups -OCH3 is 2. The summed E-state index contributed by atoms with van der Waals surface area (Å²) < 4.78 is 15.9. The van der Waals surface area contributed by atoms with Gasteiger partial charge < -0.3 is 14.2 Å². The number of para-hydroxylation sites is 1. The van der Waals surface area contributed by atoms with Gasteiger partial charge in [-0.25, -0.2) is 0 Å². The van der Waals surface area contributed by atoms with Gasteiger partial charge in [0.25, 0.3) is 0 Å². The minimum Gasteiger partial charge on any atom is -0.497 e. The van der Waals surface area contributed by atoms with Crippen LogP contribution in [0.3, 0.4) is 0 Å². The molecule has 0 radical (unpaired) electrons. The molecule has 0 aliphatic carbocycles. The predicted octanol–water partition coefficient (Wildman–Crippen LogP) is 4.37. The number of carbonyl (C=O) groups is 2. The summed E-state index contributed by atoms with van der Waals surface area (Å²) in [7, 11) is 3.15. The van der Waals surface area contributed by atoms with Gasteiger partial charge in [-0.15, -0.1) is 0 Å². The molecule has 0 saturated carbocycles. The predicted molar refractivity (Wildman–Crippen MR) is 108 cm³/mol. The van der Waals surface area contributed by atoms with Crippen molar-refractivity contribution in [1.29, 1.82) is 0 Å². The van der Waals surface area contributed by atoms with Gasteiger partial charge in [0.05, 0.1) is 20.1 Å². The van der Waals surface area contributed by atoms with Crippen LogP contribution >= 0.6 is 0 Å². The maximum atomic E-state index is 13.6. The van der Waals surface area contributed by atoms with Crippen LogP contribution in [0.25, 0.3) is 0 Å². The van der Waals surface area contributed by atoms with E-state index in [0.29, 0.717) is 22.8 Å². The van der Waals surface area contributed by atoms with Crippen molar-refractivity contribution in [3.05, 3.63) is 89.5 Å². The summed E-state index contributed by atoms with van der Waals surface area (Å²) in [6.45, 7) is 0. The highest BCUT2D eigenvalue weighted by atomic mass is 16.5. The lowest BCUT2D eigenvalue weighted by Gasteiger charge is -2.21. The number of carbonyl (C=O) groups excluding carboxylic acids is 2. The van der Waals surface area contributed by atoms with Gasteiger partial charge in [0.1, 0.15) is 23.2 Å². The third-order valence-electron chi connectivity index (χ3n) is 5.18. The lowest BCUT2D eigenvalue weighted by atomic mass is 9.77. The highest BCUT2D eigenvalue weighted by Crippen LogP contribution is 2.45. The van der Waals surface area contributed by atoms with Crippen LogP contribution in [0.1, 0.15) is 33.3 Å². The van der Waals surface area contributed by atoms with Crippen molar-refractivity contribution >= 4 is 11.8 Å². The van der Waals surface area contributed by atoms with Crippen molar-refractivity contribution in [3.8, 4) is 17.2 Å². The second-order valence-electron chi connectivity index (χ2n) is 6.78. The lowest BCUT2D eigenvalue weighted by molar-refractivity contribution is -0.134. The van der Waals surface area contributed by atoms with Crippen LogP contribution in [0.15, 0.2) is 72.8 Å². The van der Waals surface area contributed by atoms with Crippen LogP contribution in [0, 0.1) is 0 Å². The van der Waals surface area contributed by atoms with E-state index >= 15 is 0 Å². The molecule has 0 amide bonds. The van der Waals surface area contributed by atoms with E-state index in [0.717, 1.165) is 11.1 Å². The Morgan fingerprint density at radius 2 is 1.45 bits per heavy atom. The van der Waals surface area contributed by atoms with Gasteiger partial charge in [-0.1, -0.05) is 30.3 Å². The minimum absolute atomic E-state index is 0.156. The summed E-state index contributed by atoms with van der Waals surface area (Å²) in [6.07, 6.45) is 0. The van der Waals surface area contributed by atoms with Crippen LogP contribution < -0.4 is 14.2 Å². The van der Waals surface area contributed by atoms with E-state index in [1.165, 1.54) is 0 Å². The molecule has 29 heavy (non-hydrogen) atoms. The van der Waals surface area contributed by atoms with Crippen molar-refractivity contribution in [2.75, 3.05) is 14.2 Å². The topological polar surface area (TPSA) is 61.8 Å². The fourth-order valence-electron chi connectivity index (χ4n) is 3.69. The Bertz CT molecular complexity index is 1040. The van der Waals surface area contributed by atoms with Gasteiger partial charge in [-0.3, -0.25) is 9.59 Å². The second kappa shape index (κ2) is 7.80. The Hall–Kier alpha value is -3.60. The largest absolute Gasteiger partial charge is 0.497 e. The van der Waals surface area contributed by atoms with Gasteiger partial charge in [0.2, 0.25) is 0 Å². The van der Waals surface area contributed by atoms with E-state index in [9.17, 15) is 9.59 Å². The summed E-state index contributed by atoms with van der Waals surface area (Å²) in [5, 5.41) is 0. The zero-order valence-electron chi connectivity index (χ0n) is 16.1. The van der Waals surface area contributed by atoms with Crippen LogP contribution in [0.2, 0.25) is 0 Å². The molecule has 0 unspecified atom stereocenters. The van der Waals surface area contributed by atoms with E-state index in [1.807, 2.05) is 30.3 Å². The number of hydrogen-bond acceptors (Lipinski definition) is 5. The van der Waals surface area contributed by atoms with Crippen LogP contribution in [0.5, 0.6) is 17.2 Å². The van der Waals surface area contributed by atoms with Gasteiger partial charge in [0.15, 0.2) is 5.78 Å². The first-order valence-electron chi connectivity index (χ1n) is 9.25. The monoisotopic (exact) mass is 388 g/mol. The highest BCUT2D eigenvalue weighted by molar-refractivity contribution is 6.05. The highest BCUT2D eigenvalue weighted by Gasteiger charge is 2.43. The number of Topliss-reactive ketones (excluding diaryl/α,β-unsaturated/α-hetero) is 1. The second-order valence-corrected chi connectivity index (χ2v) is 6.78. The third kappa shape index (κ3) is 3.47. The van der Waals surface area contributed by atoms with Crippen molar-refractivity contribution in [2.45, 2.75) is 11.8 Å². The number of hydrogen-bond donors (Lipinski definition) is 0. The van der Waals surface area contributed by atoms with Crippen molar-refractivity contribution in [1.82, 2.24) is 0 Å². The van der Waals surface area contributed by atoms with Crippen molar-refractivity contribution in [3.63, 3.8) is 0 Å². The molecule has 0 N–H and O–H groups in total. The summed E-state index contributed by atoms with van der Waals surface area (Å²) in [6, 6.07) is 21.3. The molecule has 5 heteroatoms. The molecule has 0 fully saturated rings. The fourth-order valence-corrected chi connectivity index (χ4v) is 3.69. The molecule has 0 bridgehead atoms. The number of ether oxygens (including phenoxy) is 3. The smallest absolute Gasteiger partial charge is 0.320 e. The molecule has 146 valence electrons. The van der Waals surface area contributed by atoms with Gasteiger partial charge in [0, 0.05) is 11.1 Å². The first-order valence-corrected chi connectivity index (χ1v) is 9.25. The molecular weight excluding hydrogens is 368 g/mol. The standard InChI is InChI=1S/C24H20O5/c1-27-17-11-7-15(8-12-17)21(23(25)16-9-13-18(28-2)14-10-16)22-19-5-3-4-6-20(19)29-24(22)26/h3-14,21-22H,1-2H3/t21-,22-/m0/s1. The summed E-state index contributed by atoms with van der Waals surface area (Å²) in [4.78, 5) is 26.3. The van der Waals surface area contributed by atoms with Gasteiger partial charge >= 0.3 is 5.97 Å². The van der Waals surface area contributed by atoms with Crippen LogP contribution in [0.4, 0.5) is 0 Å². The first-order chi connectivity index (χ1) is 14.1. The van der Waals surface area contributed by atoms with Crippen molar-refractivity contribution < 1.29 is 23.8 Å². The zero-order valence-corrected chi connectivity index (χ0v) is 16.1. The van der Waals surface area contributed by atoms with Crippen LogP contribution in [-0.4, -0.2) is 26.0 Å². The number of esters is 1. The molecule has 0 spiro atoms. The average Bonchev–Trinajstić information content (AvgIpc) is 3.10. The van der Waals surface area contributed by atoms with Gasteiger partial charge in [-0.05, 0) is 48.0 Å². The SMILES string of the molecule is COc1ccc(C(=O)[C@@H](c2ccc(OC)cc2)[C@H]2C(=O)Oc3ccccc32)cc1. The number of benzene rings is 3. The summed E-state index contributed by atoms with van der Waals surface area (Å²) in [5.41, 5.74) is 1.95. The van der Waals surface area contributed by atoms with E-state index in [1.54, 1.807) is 56.7 Å². The van der Waals surface area contributed by atoms with Crippen molar-refractivity contribution in [2.24, 2.45) is 0 Å². The molecule has 1 aliphatic rings. The number of rotatable bonds is 6. The quantitative estimate of drug-likeness (QED) is 0.356. The summed E-state index contributed by atoms with van der Waals surface area (Å²) >= 11 is 0. The molecule has 5 nitrogen and oxygen atoms in total. The maximum absolute atomic E-state index is 13.6. The first kappa shape index (κ1) is 18.7. The van der Waals surface area contributed by atoms with E-state index in [2.05, 4.69) is 0 Å². The van der Waals surface area contributed by atoms with E-state index in [-0.39, 0.29) is 5.78 Å². The maximum Gasteiger partial charge on any atom is 0.320 e. The molecule has 2 atom stereocenters. The Morgan fingerprint density at radius 1 is 0.862 bits per heavy atom. The molecule has 1 aliphatic heterocycles. The Morgan fingerprint density at radius 3 is 2.07 bits per heavy atom. The molecular formula is C24H20O5. The molecule has 0 saturated heterocycles. The van der Waals surface area contributed by atoms with E-state index in [4.69, 9.17) is 14.2 Å². The molecule has 3 aromatic carbocycles. The minimum atomic E-state index is -0.717. The molecule has 4 rings (SSSR count). The third-order valence-corrected chi connectivity index (χ3v) is 5.18. The zero-order chi connectivity index (χ0) is 20.4. The fraction of sp³-hybridized carbons (Fsp3) is 0.167. The summed E-state index contributed by atoms with van der Waals surface area (Å²) in [5.74, 6) is -0.166.